The summed E-state index contributed by atoms with van der Waals surface area (Å²) in [5, 5.41) is 7.62. The van der Waals surface area contributed by atoms with Crippen LogP contribution in [0.1, 0.15) is 37.4 Å². The van der Waals surface area contributed by atoms with Crippen molar-refractivity contribution in [3.05, 3.63) is 29.6 Å². The smallest absolute Gasteiger partial charge is 0.0705 e. The van der Waals surface area contributed by atoms with Crippen molar-refractivity contribution < 1.29 is 0 Å². The molecular formula is C12H19N3. The molecule has 1 heterocycles. The van der Waals surface area contributed by atoms with Gasteiger partial charge in [0.05, 0.1) is 11.7 Å². The lowest BCUT2D eigenvalue weighted by molar-refractivity contribution is 0.553. The van der Waals surface area contributed by atoms with Crippen LogP contribution in [0.2, 0.25) is 0 Å². The number of likely N-dealkylation sites (N-methyl/N-ethyl adjacent to an activating group) is 1. The molecule has 1 atom stereocenters. The van der Waals surface area contributed by atoms with E-state index in [4.69, 9.17) is 0 Å². The maximum Gasteiger partial charge on any atom is 0.0705 e. The molecule has 0 amide bonds. The fraction of sp³-hybridized carbons (Fsp3) is 0.583. The first kappa shape index (κ1) is 10.4. The van der Waals surface area contributed by atoms with Crippen molar-refractivity contribution >= 4 is 0 Å². The van der Waals surface area contributed by atoms with Gasteiger partial charge in [0, 0.05) is 13.2 Å². The van der Waals surface area contributed by atoms with Crippen LogP contribution in [0.25, 0.3) is 0 Å². The molecule has 1 N–H and O–H groups in total. The Morgan fingerprint density at radius 3 is 2.87 bits per heavy atom. The van der Waals surface area contributed by atoms with Crippen molar-refractivity contribution in [2.45, 2.75) is 31.7 Å². The second kappa shape index (κ2) is 4.62. The number of aryl methyl sites for hydroxylation is 1. The van der Waals surface area contributed by atoms with Crippen LogP contribution in [0, 0.1) is 0 Å². The van der Waals surface area contributed by atoms with Crippen molar-refractivity contribution in [1.82, 2.24) is 15.1 Å². The fourth-order valence-corrected chi connectivity index (χ4v) is 2.32. The number of rotatable bonds is 3. The van der Waals surface area contributed by atoms with Crippen LogP contribution in [0.5, 0.6) is 0 Å². The van der Waals surface area contributed by atoms with E-state index >= 15 is 0 Å². The predicted octanol–water partition coefficient (Wildman–Crippen LogP) is 2.18. The van der Waals surface area contributed by atoms with Crippen LogP contribution in [-0.4, -0.2) is 16.8 Å². The summed E-state index contributed by atoms with van der Waals surface area (Å²) in [5.74, 6) is 0. The highest BCUT2D eigenvalue weighted by molar-refractivity contribution is 5.23. The molecule has 1 aliphatic rings. The molecule has 0 aromatic carbocycles. The van der Waals surface area contributed by atoms with Gasteiger partial charge >= 0.3 is 0 Å². The van der Waals surface area contributed by atoms with Crippen LogP contribution in [0.4, 0.5) is 0 Å². The summed E-state index contributed by atoms with van der Waals surface area (Å²) in [5.41, 5.74) is 2.78. The first-order valence-electron chi connectivity index (χ1n) is 5.67. The molecule has 1 aliphatic carbocycles. The van der Waals surface area contributed by atoms with E-state index in [1.807, 2.05) is 25.0 Å². The van der Waals surface area contributed by atoms with Crippen molar-refractivity contribution in [2.75, 3.05) is 7.05 Å². The molecule has 1 aromatic heterocycles. The predicted molar refractivity (Wildman–Crippen MR) is 61.6 cm³/mol. The van der Waals surface area contributed by atoms with Crippen LogP contribution in [0.3, 0.4) is 0 Å². The summed E-state index contributed by atoms with van der Waals surface area (Å²) < 4.78 is 1.95. The molecule has 0 fully saturated rings. The van der Waals surface area contributed by atoms with Gasteiger partial charge in [-0.15, -0.1) is 0 Å². The maximum absolute atomic E-state index is 4.23. The largest absolute Gasteiger partial charge is 0.308 e. The maximum atomic E-state index is 4.23. The van der Waals surface area contributed by atoms with Crippen molar-refractivity contribution in [3.8, 4) is 0 Å². The van der Waals surface area contributed by atoms with Gasteiger partial charge < -0.3 is 5.32 Å². The minimum absolute atomic E-state index is 0.345. The van der Waals surface area contributed by atoms with Gasteiger partial charge in [0.25, 0.3) is 0 Å². The Hall–Kier alpha value is -1.09. The molecule has 82 valence electrons. The fourth-order valence-electron chi connectivity index (χ4n) is 2.32. The Morgan fingerprint density at radius 1 is 1.47 bits per heavy atom. The first-order chi connectivity index (χ1) is 7.33. The summed E-state index contributed by atoms with van der Waals surface area (Å²) >= 11 is 0. The van der Waals surface area contributed by atoms with Crippen molar-refractivity contribution in [3.63, 3.8) is 0 Å². The van der Waals surface area contributed by atoms with E-state index in [0.717, 1.165) is 0 Å². The Balaban J connectivity index is 2.24. The molecule has 0 saturated carbocycles. The quantitative estimate of drug-likeness (QED) is 0.766. The van der Waals surface area contributed by atoms with Crippen LogP contribution < -0.4 is 5.32 Å². The normalized spacial score (nSPS) is 18.7. The molecule has 2 rings (SSSR count). The average molecular weight is 205 g/mol. The molecule has 0 saturated heterocycles. The summed E-state index contributed by atoms with van der Waals surface area (Å²) in [6.07, 6.45) is 9.36. The van der Waals surface area contributed by atoms with Crippen molar-refractivity contribution in [1.29, 1.82) is 0 Å². The highest BCUT2D eigenvalue weighted by atomic mass is 15.3. The lowest BCUT2D eigenvalue weighted by Crippen LogP contribution is -2.22. The van der Waals surface area contributed by atoms with Gasteiger partial charge in [-0.3, -0.25) is 4.68 Å². The van der Waals surface area contributed by atoms with Gasteiger partial charge in [-0.1, -0.05) is 11.6 Å². The molecule has 0 radical (unpaired) electrons. The van der Waals surface area contributed by atoms with E-state index in [1.165, 1.54) is 37.0 Å². The lowest BCUT2D eigenvalue weighted by Gasteiger charge is -2.23. The zero-order chi connectivity index (χ0) is 10.7. The molecule has 3 nitrogen and oxygen atoms in total. The molecule has 15 heavy (non-hydrogen) atoms. The Kier molecular flexibility index (Phi) is 3.21. The molecule has 0 spiro atoms. The first-order valence-corrected chi connectivity index (χ1v) is 5.67. The van der Waals surface area contributed by atoms with Crippen LogP contribution in [0.15, 0.2) is 23.9 Å². The lowest BCUT2D eigenvalue weighted by atomic mass is 9.92. The third-order valence-electron chi connectivity index (χ3n) is 3.14. The van der Waals surface area contributed by atoms with Gasteiger partial charge in [-0.2, -0.15) is 5.10 Å². The van der Waals surface area contributed by atoms with Gasteiger partial charge in [0.1, 0.15) is 0 Å². The topological polar surface area (TPSA) is 29.9 Å². The Bertz CT molecular complexity index is 352. The van der Waals surface area contributed by atoms with Crippen LogP contribution >= 0.6 is 0 Å². The minimum atomic E-state index is 0.345. The molecule has 0 aliphatic heterocycles. The molecular weight excluding hydrogens is 186 g/mol. The van der Waals surface area contributed by atoms with E-state index < -0.39 is 0 Å². The monoisotopic (exact) mass is 205 g/mol. The zero-order valence-electron chi connectivity index (χ0n) is 9.53. The minimum Gasteiger partial charge on any atom is -0.308 e. The summed E-state index contributed by atoms with van der Waals surface area (Å²) in [6.45, 7) is 0. The zero-order valence-corrected chi connectivity index (χ0v) is 9.53. The molecule has 0 bridgehead atoms. The van der Waals surface area contributed by atoms with E-state index in [2.05, 4.69) is 22.6 Å². The van der Waals surface area contributed by atoms with Gasteiger partial charge in [0.15, 0.2) is 0 Å². The Morgan fingerprint density at radius 2 is 2.33 bits per heavy atom. The highest BCUT2D eigenvalue weighted by Gasteiger charge is 2.18. The third kappa shape index (κ3) is 2.12. The van der Waals surface area contributed by atoms with Crippen LogP contribution in [-0.2, 0) is 7.05 Å². The SMILES string of the molecule is CNC(C1=CCCCC1)c1ccnn1C. The molecule has 1 aromatic rings. The summed E-state index contributed by atoms with van der Waals surface area (Å²) in [6, 6.07) is 2.44. The van der Waals surface area contributed by atoms with E-state index in [-0.39, 0.29) is 0 Å². The highest BCUT2D eigenvalue weighted by Crippen LogP contribution is 2.28. The van der Waals surface area contributed by atoms with E-state index in [1.54, 1.807) is 0 Å². The van der Waals surface area contributed by atoms with Gasteiger partial charge in [-0.25, -0.2) is 0 Å². The van der Waals surface area contributed by atoms with Gasteiger partial charge in [-0.05, 0) is 38.8 Å². The molecule has 1 unspecified atom stereocenters. The number of aromatic nitrogens is 2. The standard InChI is InChI=1S/C12H19N3/c1-13-12(10-6-4-3-5-7-10)11-8-9-14-15(11)2/h6,8-9,12-13H,3-5,7H2,1-2H3. The number of nitrogens with zero attached hydrogens (tertiary/aromatic N) is 2. The Labute approximate surface area is 91.2 Å². The number of nitrogens with one attached hydrogen (secondary N) is 1. The second-order valence-electron chi connectivity index (χ2n) is 4.13. The van der Waals surface area contributed by atoms with Gasteiger partial charge in [0.2, 0.25) is 0 Å². The number of allylic oxidation sites excluding steroid dienone is 1. The summed E-state index contributed by atoms with van der Waals surface area (Å²) in [4.78, 5) is 0. The average Bonchev–Trinajstić information content (AvgIpc) is 2.68. The van der Waals surface area contributed by atoms with E-state index in [0.29, 0.717) is 6.04 Å². The number of hydrogen-bond acceptors (Lipinski definition) is 2. The van der Waals surface area contributed by atoms with Crippen molar-refractivity contribution in [2.24, 2.45) is 7.05 Å². The number of hydrogen-bond donors (Lipinski definition) is 1. The summed E-state index contributed by atoms with van der Waals surface area (Å²) in [7, 11) is 4.02. The molecule has 3 heteroatoms. The second-order valence-corrected chi connectivity index (χ2v) is 4.13. The third-order valence-corrected chi connectivity index (χ3v) is 3.14. The van der Waals surface area contributed by atoms with E-state index in [9.17, 15) is 0 Å².